The summed E-state index contributed by atoms with van der Waals surface area (Å²) in [5.41, 5.74) is 11.9. The lowest BCUT2D eigenvalue weighted by atomic mass is 9.96. The molecule has 0 saturated heterocycles. The fourth-order valence-electron chi connectivity index (χ4n) is 7.99. The lowest BCUT2D eigenvalue weighted by molar-refractivity contribution is 1.01. The number of rotatable bonds is 3. The average molecular weight is 626 g/mol. The minimum absolute atomic E-state index is 0.667. The van der Waals surface area contributed by atoms with Crippen molar-refractivity contribution in [2.24, 2.45) is 0 Å². The van der Waals surface area contributed by atoms with Crippen LogP contribution in [0.5, 0.6) is 0 Å². The SMILES string of the molecule is c1ccc(N2c3ccccc3-c3nc(-n4c5ccccc5c5cc6c(cc54)c4ccccc4n6-c4ccccc4)nc4cccc2c34)cc1. The van der Waals surface area contributed by atoms with Gasteiger partial charge < -0.3 is 9.47 Å². The number of aromatic nitrogens is 4. The Hall–Kier alpha value is -6.72. The predicted molar refractivity (Wildman–Crippen MR) is 202 cm³/mol. The molecule has 0 saturated carbocycles. The van der Waals surface area contributed by atoms with Gasteiger partial charge in [0.15, 0.2) is 0 Å². The van der Waals surface area contributed by atoms with E-state index < -0.39 is 0 Å². The molecule has 5 nitrogen and oxygen atoms in total. The van der Waals surface area contributed by atoms with Gasteiger partial charge in [0.2, 0.25) is 5.95 Å². The summed E-state index contributed by atoms with van der Waals surface area (Å²) < 4.78 is 4.64. The minimum Gasteiger partial charge on any atom is -0.309 e. The number of nitrogens with zero attached hydrogens (tertiary/aromatic N) is 5. The standard InChI is InChI=1S/C44H27N5/c1-3-14-28(15-4-1)47-38-24-12-9-20-32(38)43-42-35(21-13-25-39(42)47)45-44(46-43)49-37-23-11-8-19-31(37)34-26-40-33(27-41(34)49)30-18-7-10-22-36(30)48(40)29-16-5-2-6-17-29/h1-27H. The van der Waals surface area contributed by atoms with Gasteiger partial charge in [0, 0.05) is 38.5 Å². The Morgan fingerprint density at radius 3 is 1.69 bits per heavy atom. The molecule has 5 heteroatoms. The third-order valence-corrected chi connectivity index (χ3v) is 10.0. The second kappa shape index (κ2) is 9.89. The molecule has 1 aliphatic heterocycles. The van der Waals surface area contributed by atoms with Crippen molar-refractivity contribution in [1.82, 2.24) is 19.1 Å². The van der Waals surface area contributed by atoms with Gasteiger partial charge in [0.1, 0.15) is 0 Å². The molecule has 0 amide bonds. The first-order chi connectivity index (χ1) is 24.3. The zero-order valence-electron chi connectivity index (χ0n) is 26.3. The molecule has 7 aromatic carbocycles. The smallest absolute Gasteiger partial charge is 0.235 e. The molecular weight excluding hydrogens is 599 g/mol. The fraction of sp³-hybridized carbons (Fsp3) is 0. The highest BCUT2D eigenvalue weighted by molar-refractivity contribution is 6.19. The summed E-state index contributed by atoms with van der Waals surface area (Å²) in [5.74, 6) is 0.667. The van der Waals surface area contributed by atoms with Crippen molar-refractivity contribution in [3.05, 3.63) is 164 Å². The Kier molecular flexibility index (Phi) is 5.32. The van der Waals surface area contributed by atoms with Crippen molar-refractivity contribution in [3.8, 4) is 22.9 Å². The Morgan fingerprint density at radius 2 is 0.959 bits per heavy atom. The van der Waals surface area contributed by atoms with E-state index in [-0.39, 0.29) is 0 Å². The first-order valence-electron chi connectivity index (χ1n) is 16.6. The third kappa shape index (κ3) is 3.64. The summed E-state index contributed by atoms with van der Waals surface area (Å²) in [6.07, 6.45) is 0. The van der Waals surface area contributed by atoms with Crippen LogP contribution in [0, 0.1) is 0 Å². The molecule has 0 unspecified atom stereocenters. The van der Waals surface area contributed by atoms with E-state index in [1.54, 1.807) is 0 Å². The van der Waals surface area contributed by atoms with Crippen LogP contribution in [0.25, 0.3) is 77.4 Å². The largest absolute Gasteiger partial charge is 0.309 e. The number of fused-ring (bicyclic) bond motifs is 8. The predicted octanol–water partition coefficient (Wildman–Crippen LogP) is 11.3. The van der Waals surface area contributed by atoms with E-state index in [9.17, 15) is 0 Å². The van der Waals surface area contributed by atoms with Crippen molar-refractivity contribution in [1.29, 1.82) is 0 Å². The van der Waals surface area contributed by atoms with Gasteiger partial charge in [-0.1, -0.05) is 97.1 Å². The summed E-state index contributed by atoms with van der Waals surface area (Å²) in [6.45, 7) is 0. The van der Waals surface area contributed by atoms with Gasteiger partial charge in [-0.05, 0) is 66.7 Å². The number of benzene rings is 7. The molecule has 4 heterocycles. The summed E-state index contributed by atoms with van der Waals surface area (Å²) in [6, 6.07) is 58.2. The van der Waals surface area contributed by atoms with Gasteiger partial charge in [-0.3, -0.25) is 4.57 Å². The molecule has 1 aliphatic rings. The van der Waals surface area contributed by atoms with E-state index in [1.807, 2.05) is 0 Å². The molecular formula is C44H27N5. The number of para-hydroxylation sites is 5. The second-order valence-electron chi connectivity index (χ2n) is 12.7. The highest BCUT2D eigenvalue weighted by atomic mass is 15.2. The molecule has 0 radical (unpaired) electrons. The normalized spacial score (nSPS) is 12.4. The van der Waals surface area contributed by atoms with Gasteiger partial charge in [0.25, 0.3) is 0 Å². The fourth-order valence-corrected chi connectivity index (χ4v) is 7.99. The summed E-state index contributed by atoms with van der Waals surface area (Å²) in [5, 5.41) is 5.82. The van der Waals surface area contributed by atoms with E-state index >= 15 is 0 Å². The molecule has 11 rings (SSSR count). The number of anilines is 3. The highest BCUT2D eigenvalue weighted by Gasteiger charge is 2.29. The molecule has 0 spiro atoms. The van der Waals surface area contributed by atoms with Crippen molar-refractivity contribution < 1.29 is 0 Å². The maximum absolute atomic E-state index is 5.46. The quantitative estimate of drug-likeness (QED) is 0.196. The van der Waals surface area contributed by atoms with Crippen LogP contribution in [0.1, 0.15) is 0 Å². The molecule has 0 aliphatic carbocycles. The van der Waals surface area contributed by atoms with Crippen molar-refractivity contribution in [2.45, 2.75) is 0 Å². The minimum atomic E-state index is 0.667. The van der Waals surface area contributed by atoms with Crippen LogP contribution in [-0.4, -0.2) is 19.1 Å². The molecule has 228 valence electrons. The van der Waals surface area contributed by atoms with E-state index in [0.717, 1.165) is 55.9 Å². The molecule has 0 fully saturated rings. The monoisotopic (exact) mass is 625 g/mol. The molecule has 10 aromatic rings. The average Bonchev–Trinajstić information content (AvgIpc) is 3.67. The van der Waals surface area contributed by atoms with Gasteiger partial charge in [-0.2, -0.15) is 0 Å². The maximum atomic E-state index is 5.46. The van der Waals surface area contributed by atoms with Crippen LogP contribution >= 0.6 is 0 Å². The summed E-state index contributed by atoms with van der Waals surface area (Å²) >= 11 is 0. The molecule has 0 atom stereocenters. The topological polar surface area (TPSA) is 38.9 Å². The third-order valence-electron chi connectivity index (χ3n) is 10.0. The van der Waals surface area contributed by atoms with Gasteiger partial charge >= 0.3 is 0 Å². The molecule has 3 aromatic heterocycles. The zero-order chi connectivity index (χ0) is 32.1. The summed E-state index contributed by atoms with van der Waals surface area (Å²) in [4.78, 5) is 13.1. The van der Waals surface area contributed by atoms with Gasteiger partial charge in [-0.25, -0.2) is 9.97 Å². The van der Waals surface area contributed by atoms with Crippen LogP contribution in [0.15, 0.2) is 164 Å². The van der Waals surface area contributed by atoms with E-state index in [4.69, 9.17) is 9.97 Å². The van der Waals surface area contributed by atoms with Gasteiger partial charge in [0.05, 0.1) is 50.0 Å². The van der Waals surface area contributed by atoms with Crippen molar-refractivity contribution >= 4 is 71.6 Å². The highest BCUT2D eigenvalue weighted by Crippen LogP contribution is 2.50. The molecule has 0 N–H and O–H groups in total. The Labute approximate surface area is 281 Å². The number of hydrogen-bond acceptors (Lipinski definition) is 3. The van der Waals surface area contributed by atoms with E-state index in [2.05, 4.69) is 178 Å². The number of hydrogen-bond donors (Lipinski definition) is 0. The van der Waals surface area contributed by atoms with E-state index in [1.165, 1.54) is 32.6 Å². The Balaban J connectivity index is 1.24. The van der Waals surface area contributed by atoms with E-state index in [0.29, 0.717) is 5.95 Å². The van der Waals surface area contributed by atoms with Crippen LogP contribution in [0.2, 0.25) is 0 Å². The van der Waals surface area contributed by atoms with Crippen LogP contribution < -0.4 is 4.90 Å². The van der Waals surface area contributed by atoms with Crippen LogP contribution in [-0.2, 0) is 0 Å². The maximum Gasteiger partial charge on any atom is 0.235 e. The van der Waals surface area contributed by atoms with Crippen LogP contribution in [0.3, 0.4) is 0 Å². The first-order valence-corrected chi connectivity index (χ1v) is 16.6. The van der Waals surface area contributed by atoms with Gasteiger partial charge in [-0.15, -0.1) is 0 Å². The lowest BCUT2D eigenvalue weighted by Crippen LogP contribution is -2.16. The Morgan fingerprint density at radius 1 is 0.388 bits per heavy atom. The first kappa shape index (κ1) is 26.4. The Bertz CT molecular complexity index is 2940. The van der Waals surface area contributed by atoms with Crippen LogP contribution in [0.4, 0.5) is 17.1 Å². The lowest BCUT2D eigenvalue weighted by Gasteiger charge is -2.32. The molecule has 0 bridgehead atoms. The zero-order valence-corrected chi connectivity index (χ0v) is 26.3. The second-order valence-corrected chi connectivity index (χ2v) is 12.7. The summed E-state index contributed by atoms with van der Waals surface area (Å²) in [7, 11) is 0. The molecule has 49 heavy (non-hydrogen) atoms. The van der Waals surface area contributed by atoms with Crippen molar-refractivity contribution in [3.63, 3.8) is 0 Å². The van der Waals surface area contributed by atoms with Crippen molar-refractivity contribution in [2.75, 3.05) is 4.90 Å².